The van der Waals surface area contributed by atoms with Crippen molar-refractivity contribution in [1.29, 1.82) is 0 Å². The molecule has 1 aromatic heterocycles. The Balaban J connectivity index is 1.22. The molecule has 0 fully saturated rings. The summed E-state index contributed by atoms with van der Waals surface area (Å²) >= 11 is 0. The van der Waals surface area contributed by atoms with Gasteiger partial charge in [0.05, 0.1) is 11.4 Å². The predicted octanol–water partition coefficient (Wildman–Crippen LogP) is 4.34. The van der Waals surface area contributed by atoms with Crippen molar-refractivity contribution in [1.82, 2.24) is 14.6 Å². The van der Waals surface area contributed by atoms with Crippen LogP contribution in [0.3, 0.4) is 0 Å². The molecule has 0 bridgehead atoms. The first-order chi connectivity index (χ1) is 23.6. The average Bonchev–Trinajstić information content (AvgIpc) is 3.05. The third-order valence-electron chi connectivity index (χ3n) is 9.20. The van der Waals surface area contributed by atoms with E-state index in [1.807, 2.05) is 63.2 Å². The van der Waals surface area contributed by atoms with Gasteiger partial charge in [0.1, 0.15) is 23.0 Å². The van der Waals surface area contributed by atoms with Crippen molar-refractivity contribution in [2.75, 3.05) is 6.54 Å². The van der Waals surface area contributed by atoms with Crippen LogP contribution < -0.4 is 26.1 Å². The number of carbonyl (C=O) groups is 2. The molecule has 2 heterocycles. The maximum atomic E-state index is 13.5. The molecule has 3 aromatic carbocycles. The van der Waals surface area contributed by atoms with E-state index < -0.39 is 33.5 Å². The number of aliphatic carboxylic acids is 1. The van der Waals surface area contributed by atoms with Crippen molar-refractivity contribution >= 4 is 38.6 Å². The van der Waals surface area contributed by atoms with Gasteiger partial charge in [-0.05, 0) is 111 Å². The fourth-order valence-electron chi connectivity index (χ4n) is 6.41. The van der Waals surface area contributed by atoms with Gasteiger partial charge >= 0.3 is 5.97 Å². The molecule has 0 unspecified atom stereocenters. The summed E-state index contributed by atoms with van der Waals surface area (Å²) < 4.78 is 36.9. The van der Waals surface area contributed by atoms with Crippen molar-refractivity contribution in [2.24, 2.45) is 10.7 Å². The number of amides is 1. The zero-order chi connectivity index (χ0) is 36.4. The number of benzene rings is 3. The van der Waals surface area contributed by atoms with Crippen LogP contribution in [0.25, 0.3) is 10.8 Å². The van der Waals surface area contributed by atoms with Gasteiger partial charge in [-0.3, -0.25) is 14.6 Å². The molecule has 1 aliphatic rings. The number of fused-ring (bicyclic) bond motifs is 2. The average molecular weight is 702 g/mol. The van der Waals surface area contributed by atoms with E-state index in [1.54, 1.807) is 26.1 Å². The third-order valence-corrected chi connectivity index (χ3v) is 10.8. The highest BCUT2D eigenvalue weighted by atomic mass is 32.2. The number of rotatable bonds is 11. The van der Waals surface area contributed by atoms with Gasteiger partial charge < -0.3 is 25.5 Å². The van der Waals surface area contributed by atoms with E-state index >= 15 is 0 Å². The van der Waals surface area contributed by atoms with Crippen LogP contribution >= 0.6 is 0 Å². The lowest BCUT2D eigenvalue weighted by atomic mass is 9.88. The van der Waals surface area contributed by atoms with E-state index in [-0.39, 0.29) is 48.0 Å². The van der Waals surface area contributed by atoms with Crippen LogP contribution in [0.1, 0.15) is 71.3 Å². The van der Waals surface area contributed by atoms with Gasteiger partial charge in [0.25, 0.3) is 21.5 Å². The number of pyridine rings is 1. The first-order valence-electron chi connectivity index (χ1n) is 16.4. The second-order valence-corrected chi connectivity index (χ2v) is 14.9. The number of carbonyl (C=O) groups excluding carboxylic acids is 1. The molecule has 1 amide bonds. The van der Waals surface area contributed by atoms with E-state index in [1.165, 1.54) is 10.6 Å². The Kier molecular flexibility index (Phi) is 10.4. The molecule has 1 atom stereocenters. The van der Waals surface area contributed by atoms with E-state index in [9.17, 15) is 27.9 Å². The van der Waals surface area contributed by atoms with Crippen molar-refractivity contribution in [2.45, 2.75) is 83.4 Å². The first-order valence-corrected chi connectivity index (χ1v) is 17.9. The molecule has 264 valence electrons. The number of hydrogen-bond donors (Lipinski definition) is 4. The zero-order valence-electron chi connectivity index (χ0n) is 28.9. The summed E-state index contributed by atoms with van der Waals surface area (Å²) in [6.45, 7) is 9.54. The van der Waals surface area contributed by atoms with Crippen LogP contribution in [0.4, 0.5) is 0 Å². The molecule has 0 saturated carbocycles. The van der Waals surface area contributed by atoms with Crippen molar-refractivity contribution in [3.05, 3.63) is 105 Å². The van der Waals surface area contributed by atoms with Gasteiger partial charge in [0.15, 0.2) is 0 Å². The standard InChI is InChI=1S/C37H43N5O7S/c1-22-23(2)32(24(3)27-17-18-37(4,5)49-31(22)27)50(47,48)41-36(38)39-19-9-16-30(35(45)46)40-33(43)29-15-10-20-42(34(29)44)21-26-13-8-12-25-11-6-7-14-28(25)26/h6-8,10-15,20,30H,9,16-19,21H2,1-5H3,(H,40,43)(H,45,46)(H3,38,39,41)/t30-/m0/s1. The molecule has 0 saturated heterocycles. The maximum Gasteiger partial charge on any atom is 0.326 e. The highest BCUT2D eigenvalue weighted by molar-refractivity contribution is 7.90. The molecular weight excluding hydrogens is 659 g/mol. The Morgan fingerprint density at radius 1 is 1.04 bits per heavy atom. The summed E-state index contributed by atoms with van der Waals surface area (Å²) in [5, 5.41) is 14.2. The third kappa shape index (κ3) is 7.67. The van der Waals surface area contributed by atoms with Crippen molar-refractivity contribution in [3.63, 3.8) is 0 Å². The minimum absolute atomic E-state index is 0.0126. The Bertz CT molecular complexity index is 2170. The Morgan fingerprint density at radius 3 is 2.50 bits per heavy atom. The lowest BCUT2D eigenvalue weighted by Crippen LogP contribution is -2.43. The van der Waals surface area contributed by atoms with Crippen molar-refractivity contribution < 1.29 is 27.9 Å². The number of carboxylic acid groups (broad SMARTS) is 1. The summed E-state index contributed by atoms with van der Waals surface area (Å²) in [4.78, 5) is 42.6. The topological polar surface area (TPSA) is 182 Å². The van der Waals surface area contributed by atoms with Crippen molar-refractivity contribution in [3.8, 4) is 5.75 Å². The first kappa shape index (κ1) is 36.1. The summed E-state index contributed by atoms with van der Waals surface area (Å²) in [5.41, 5.74) is 8.52. The summed E-state index contributed by atoms with van der Waals surface area (Å²) in [6, 6.07) is 15.2. The number of nitrogens with zero attached hydrogens (tertiary/aromatic N) is 2. The quantitative estimate of drug-likeness (QED) is 0.101. The minimum atomic E-state index is -4.10. The number of sulfonamides is 1. The lowest BCUT2D eigenvalue weighted by molar-refractivity contribution is -0.139. The number of aromatic nitrogens is 1. The highest BCUT2D eigenvalue weighted by Crippen LogP contribution is 2.42. The molecule has 13 heteroatoms. The van der Waals surface area contributed by atoms with Gasteiger partial charge in [0, 0.05) is 12.7 Å². The Morgan fingerprint density at radius 2 is 1.76 bits per heavy atom. The number of ether oxygens (including phenoxy) is 1. The molecule has 0 spiro atoms. The van der Waals surface area contributed by atoms with Gasteiger partial charge in [0.2, 0.25) is 5.96 Å². The van der Waals surface area contributed by atoms with Gasteiger partial charge in [-0.15, -0.1) is 0 Å². The maximum absolute atomic E-state index is 13.5. The van der Waals surface area contributed by atoms with E-state index in [4.69, 9.17) is 10.5 Å². The van der Waals surface area contributed by atoms with Crippen LogP contribution in [0.5, 0.6) is 5.75 Å². The molecule has 0 aliphatic carbocycles. The second kappa shape index (κ2) is 14.4. The lowest BCUT2D eigenvalue weighted by Gasteiger charge is -2.35. The highest BCUT2D eigenvalue weighted by Gasteiger charge is 2.33. The molecule has 5 N–H and O–H groups in total. The fourth-order valence-corrected chi connectivity index (χ4v) is 7.93. The second-order valence-electron chi connectivity index (χ2n) is 13.2. The number of nitrogens with one attached hydrogen (secondary N) is 2. The zero-order valence-corrected chi connectivity index (χ0v) is 29.7. The van der Waals surface area contributed by atoms with Gasteiger partial charge in [-0.1, -0.05) is 42.5 Å². The fraction of sp³-hybridized carbons (Fsp3) is 0.351. The molecule has 1 aliphatic heterocycles. The summed E-state index contributed by atoms with van der Waals surface area (Å²) in [7, 11) is -4.10. The SMILES string of the molecule is Cc1c(C)c(S(=O)(=O)NC(N)=NCCC[C@H](NC(=O)c2cccn(Cc3cccc4ccccc34)c2=O)C(=O)O)c(C)c2c1OC(C)(C)CC2. The summed E-state index contributed by atoms with van der Waals surface area (Å²) in [5.74, 6) is -1.73. The normalized spacial score (nSPS) is 14.8. The van der Waals surface area contributed by atoms with Crippen LogP contribution in [-0.4, -0.2) is 54.1 Å². The van der Waals surface area contributed by atoms with Crippen LogP contribution in [-0.2, 0) is 27.8 Å². The van der Waals surface area contributed by atoms with E-state index in [0.717, 1.165) is 39.6 Å². The molecule has 5 rings (SSSR count). The Labute approximate surface area is 291 Å². The summed E-state index contributed by atoms with van der Waals surface area (Å²) in [6.07, 6.45) is 3.11. The number of nitrogens with two attached hydrogens (primary N) is 1. The largest absolute Gasteiger partial charge is 0.487 e. The monoisotopic (exact) mass is 701 g/mol. The number of carboxylic acids is 1. The molecule has 0 radical (unpaired) electrons. The molecule has 12 nitrogen and oxygen atoms in total. The molecular formula is C37H43N5O7S. The smallest absolute Gasteiger partial charge is 0.326 e. The van der Waals surface area contributed by atoms with Crippen LogP contribution in [0.2, 0.25) is 0 Å². The Hall–Kier alpha value is -5.17. The number of hydrogen-bond acceptors (Lipinski definition) is 7. The molecule has 4 aromatic rings. The van der Waals surface area contributed by atoms with E-state index in [2.05, 4.69) is 15.0 Å². The van der Waals surface area contributed by atoms with Gasteiger partial charge in [-0.2, -0.15) is 0 Å². The minimum Gasteiger partial charge on any atom is -0.487 e. The van der Waals surface area contributed by atoms with Crippen LogP contribution in [0, 0.1) is 20.8 Å². The number of aliphatic imine (C=N–C) groups is 1. The molecule has 50 heavy (non-hydrogen) atoms. The predicted molar refractivity (Wildman–Crippen MR) is 192 cm³/mol. The van der Waals surface area contributed by atoms with Gasteiger partial charge in [-0.25, -0.2) is 17.9 Å². The number of guanidine groups is 1. The van der Waals surface area contributed by atoms with E-state index in [0.29, 0.717) is 17.5 Å². The van der Waals surface area contributed by atoms with Crippen LogP contribution in [0.15, 0.2) is 75.5 Å².